The zero-order valence-corrected chi connectivity index (χ0v) is 79.9. The fourth-order valence-corrected chi connectivity index (χ4v) is 23.9. The molecule has 0 bridgehead atoms. The smallest absolute Gasteiger partial charge is 0.339 e. The summed E-state index contributed by atoms with van der Waals surface area (Å²) in [6, 6.07) is 14.8. The van der Waals surface area contributed by atoms with Crippen molar-refractivity contribution in [1.82, 2.24) is 0 Å². The maximum absolute atomic E-state index is 12.1. The summed E-state index contributed by atoms with van der Waals surface area (Å²) in [5.74, 6) is -3.15. The number of aliphatic hydroxyl groups is 3. The average Bonchev–Trinajstić information content (AvgIpc) is 1.56. The predicted octanol–water partition coefficient (Wildman–Crippen LogP) is 23.0. The highest BCUT2D eigenvalue weighted by Gasteiger charge is 2.70. The van der Waals surface area contributed by atoms with Gasteiger partial charge in [0.1, 0.15) is 115 Å². The standard InChI is InChI=1S/2C22H30O5.C22H30O4.C22H26O4.C20H26O5/c1-5-6-7-8-13-11-15-18(19(23)16(13)21(24)25)17-14(12(2)3)9-10-22(4,26)20(17)27-15;1-5-6-7-8-13-11-15(23)18-17-14(12(2)3)9-10-22(4,26)20(17)27-19(18)16(13)21(24)25;1-5-6-7-8-12-11-14-16(19(23)15(12)20(24)25)18-17-13(21(18,2)3)9-10-22(17,4)26-14;1-5-6-7-8-14-12-17-19(20(23)18(14)21(24)25)15-11-13(2)9-10-16(15)22(3,4)26-17;1-5-6-11-9-13-16(17(21)14(11)19(22)23)15-12(10(2)3)7-8-20(4,24)18(15)25-13/h2*11,14,17,20,23,26H,2,5-10H2,1,3-4H3,(H,24,25);11,13,17-18,23H,5-10H2,1-4H3,(H,24,25);9-12,23H,5-8H2,1-4H3,(H,24,25);9,12,15,18,21,24H,2,5-8H2,1,3-4H3,(H,22,23)/t2*14-,17+,20-,22-;13?,17-,18-,22-;;12-,15+,18-,20-/m001.0/s1. The summed E-state index contributed by atoms with van der Waals surface area (Å²) >= 11 is 0. The van der Waals surface area contributed by atoms with E-state index in [4.69, 9.17) is 23.7 Å². The molecule has 0 radical (unpaired) electrons. The highest BCUT2D eigenvalue weighted by molar-refractivity contribution is 5.99. The zero-order chi connectivity index (χ0) is 96.3. The molecule has 16 rings (SSSR count). The van der Waals surface area contributed by atoms with Crippen molar-refractivity contribution in [2.75, 3.05) is 0 Å². The van der Waals surface area contributed by atoms with Crippen molar-refractivity contribution in [3.8, 4) is 68.6 Å². The van der Waals surface area contributed by atoms with Gasteiger partial charge in [0.15, 0.2) is 0 Å². The highest BCUT2D eigenvalue weighted by Crippen LogP contribution is 2.75. The molecule has 131 heavy (non-hydrogen) atoms. The van der Waals surface area contributed by atoms with Crippen LogP contribution in [0.15, 0.2) is 85.0 Å². The number of aromatic hydroxyl groups is 5. The van der Waals surface area contributed by atoms with Crippen LogP contribution in [0.3, 0.4) is 0 Å². The van der Waals surface area contributed by atoms with E-state index in [9.17, 15) is 90.4 Å². The topological polar surface area (TPSA) is 394 Å². The second-order valence-electron chi connectivity index (χ2n) is 41.2. The Hall–Kier alpha value is -10.2. The monoisotopic (exact) mass is 1810 g/mol. The Labute approximate surface area is 772 Å². The van der Waals surface area contributed by atoms with Crippen molar-refractivity contribution in [3.05, 3.63) is 174 Å². The van der Waals surface area contributed by atoms with E-state index in [-0.39, 0.29) is 115 Å². The Morgan fingerprint density at radius 1 is 0.405 bits per heavy atom. The molecule has 0 spiro atoms. The number of hydrogen-bond donors (Lipinski definition) is 13. The number of fused-ring (bicyclic) bond motifs is 14. The first-order chi connectivity index (χ1) is 61.5. The second kappa shape index (κ2) is 38.8. The lowest BCUT2D eigenvalue weighted by molar-refractivity contribution is -0.121. The summed E-state index contributed by atoms with van der Waals surface area (Å²) in [6.07, 6.45) is 20.0. The van der Waals surface area contributed by atoms with Crippen molar-refractivity contribution in [1.29, 1.82) is 0 Å². The molecule has 23 heteroatoms. The van der Waals surface area contributed by atoms with Crippen molar-refractivity contribution in [2.24, 2.45) is 35.0 Å². The molecule has 0 amide bonds. The number of aromatic carboxylic acids is 5. The van der Waals surface area contributed by atoms with E-state index in [1.165, 1.54) is 0 Å². The van der Waals surface area contributed by atoms with Gasteiger partial charge >= 0.3 is 29.8 Å². The fraction of sp³-hybridized carbons (Fsp3) is 0.565. The van der Waals surface area contributed by atoms with Crippen LogP contribution in [0.2, 0.25) is 0 Å². The van der Waals surface area contributed by atoms with Crippen molar-refractivity contribution >= 4 is 29.8 Å². The Balaban J connectivity index is 0.000000148. The first kappa shape index (κ1) is 99.8. The fourth-order valence-electron chi connectivity index (χ4n) is 23.9. The lowest BCUT2D eigenvalue weighted by atomic mass is 9.45. The second-order valence-corrected chi connectivity index (χ2v) is 41.2. The number of phenolic OH excluding ortho intramolecular Hbond substituents is 1. The maximum Gasteiger partial charge on any atom is 0.339 e. The number of phenols is 5. The van der Waals surface area contributed by atoms with Crippen LogP contribution in [0.25, 0.3) is 11.1 Å². The van der Waals surface area contributed by atoms with E-state index in [1.807, 2.05) is 72.7 Å². The van der Waals surface area contributed by atoms with Gasteiger partial charge in [-0.2, -0.15) is 0 Å². The van der Waals surface area contributed by atoms with Crippen LogP contribution in [-0.2, 0) is 37.7 Å². The molecule has 0 saturated heterocycles. The van der Waals surface area contributed by atoms with E-state index < -0.39 is 70.6 Å². The third-order valence-corrected chi connectivity index (χ3v) is 30.6. The molecular formula is C108H142O23. The van der Waals surface area contributed by atoms with Crippen molar-refractivity contribution in [2.45, 2.75) is 355 Å². The van der Waals surface area contributed by atoms with Crippen LogP contribution in [-0.4, -0.2) is 137 Å². The third-order valence-electron chi connectivity index (χ3n) is 30.6. The predicted molar refractivity (Wildman–Crippen MR) is 504 cm³/mol. The van der Waals surface area contributed by atoms with Gasteiger partial charge in [-0.1, -0.05) is 166 Å². The van der Waals surface area contributed by atoms with Crippen molar-refractivity contribution < 1.29 is 114 Å². The molecule has 13 N–H and O–H groups in total. The van der Waals surface area contributed by atoms with Crippen LogP contribution in [0.4, 0.5) is 0 Å². The zero-order valence-electron chi connectivity index (χ0n) is 79.9. The maximum atomic E-state index is 12.1. The summed E-state index contributed by atoms with van der Waals surface area (Å²) in [7, 11) is 0. The van der Waals surface area contributed by atoms with Gasteiger partial charge in [-0.3, -0.25) is 0 Å². The number of carboxylic acid groups (broad SMARTS) is 5. The number of carboxylic acids is 5. The number of benzene rings is 6. The minimum absolute atomic E-state index is 0.00406. The quantitative estimate of drug-likeness (QED) is 0.0177. The van der Waals surface area contributed by atoms with Crippen LogP contribution in [0.1, 0.15) is 382 Å². The molecule has 5 aliphatic heterocycles. The summed E-state index contributed by atoms with van der Waals surface area (Å²) in [5.41, 5.74) is 7.91. The number of hydrogen-bond acceptors (Lipinski definition) is 18. The van der Waals surface area contributed by atoms with Crippen LogP contribution >= 0.6 is 0 Å². The van der Waals surface area contributed by atoms with Gasteiger partial charge in [0.2, 0.25) is 0 Å². The molecule has 10 aliphatic rings. The minimum Gasteiger partial charge on any atom is -0.508 e. The van der Waals surface area contributed by atoms with E-state index in [2.05, 4.69) is 68.2 Å². The molecule has 712 valence electrons. The molecule has 5 fully saturated rings. The largest absolute Gasteiger partial charge is 0.508 e. The lowest BCUT2D eigenvalue weighted by Crippen LogP contribution is -2.59. The third kappa shape index (κ3) is 18.7. The average molecular weight is 1810 g/mol. The van der Waals surface area contributed by atoms with Crippen LogP contribution in [0.5, 0.6) is 57.5 Å². The molecule has 0 aromatic heterocycles. The van der Waals surface area contributed by atoms with E-state index in [0.29, 0.717) is 131 Å². The molecule has 5 saturated carbocycles. The van der Waals surface area contributed by atoms with Gasteiger partial charge in [0, 0.05) is 57.4 Å². The Kier molecular flexibility index (Phi) is 29.5. The van der Waals surface area contributed by atoms with Crippen molar-refractivity contribution in [3.63, 3.8) is 0 Å². The number of allylic oxidation sites excluding steroid dienone is 3. The van der Waals surface area contributed by atoms with Gasteiger partial charge in [-0.05, 0) is 271 Å². The molecule has 16 atom stereocenters. The molecule has 23 nitrogen and oxygen atoms in total. The number of carbonyl (C=O) groups is 5. The van der Waals surface area contributed by atoms with Crippen LogP contribution < -0.4 is 23.7 Å². The molecule has 6 aromatic rings. The lowest BCUT2D eigenvalue weighted by Gasteiger charge is -2.62. The van der Waals surface area contributed by atoms with Gasteiger partial charge in [-0.15, -0.1) is 0 Å². The number of rotatable bonds is 26. The Morgan fingerprint density at radius 2 is 0.771 bits per heavy atom. The first-order valence-corrected chi connectivity index (χ1v) is 47.8. The minimum atomic E-state index is -1.14. The van der Waals surface area contributed by atoms with E-state index in [1.54, 1.807) is 45.0 Å². The van der Waals surface area contributed by atoms with Gasteiger partial charge in [-0.25, -0.2) is 24.0 Å². The normalized spacial score (nSPS) is 27.1. The summed E-state index contributed by atoms with van der Waals surface area (Å²) in [6.45, 7) is 46.3. The van der Waals surface area contributed by atoms with Crippen LogP contribution in [0, 0.1) is 41.9 Å². The molecule has 5 heterocycles. The van der Waals surface area contributed by atoms with E-state index in [0.717, 1.165) is 160 Å². The first-order valence-electron chi connectivity index (χ1n) is 47.8. The summed E-state index contributed by atoms with van der Waals surface area (Å²) in [4.78, 5) is 59.5. The number of unbranched alkanes of at least 4 members (excludes halogenated alkanes) is 8. The van der Waals surface area contributed by atoms with Gasteiger partial charge < -0.3 is 90.1 Å². The summed E-state index contributed by atoms with van der Waals surface area (Å²) in [5, 5.41) is 136. The molecule has 5 aliphatic carbocycles. The molecular weight excluding hydrogens is 1670 g/mol. The Bertz CT molecular complexity index is 5390. The molecule has 6 aromatic carbocycles. The SMILES string of the molecule is C=C(C)[C@@H]1CC[C@](C)(O)[C@H]2Oc3c(C(=O)O)c(CCCCC)cc(O)c3[C@@H]12.C=C(C)[C@@H]1CC[C@](C)(O)[C@H]2Oc3cc(CCC)c(C(=O)O)c(O)c3[C@@H]12.C=C(C)[C@@H]1CC[C@](C)(O)[C@H]2Oc3cc(CCCCC)c(C(=O)O)c(O)c3[C@@H]12.CCCCCc1cc2c(c(O)c1C(=O)O)-c1cc(C)ccc1C(C)(C)O2.CCCCCc1cc2c(c(O)c1C(=O)O)[C@@H]1[C@H]3C(CC[C@@]3(C)O2)C1(C)C. The van der Waals surface area contributed by atoms with Gasteiger partial charge in [0.05, 0.1) is 22.4 Å². The van der Waals surface area contributed by atoms with Gasteiger partial charge in [0.25, 0.3) is 0 Å². The number of aryl methyl sites for hydroxylation is 6. The number of ether oxygens (including phenoxy) is 5. The highest BCUT2D eigenvalue weighted by atomic mass is 16.5. The Morgan fingerprint density at radius 3 is 1.17 bits per heavy atom. The molecule has 1 unspecified atom stereocenters. The van der Waals surface area contributed by atoms with E-state index >= 15 is 0 Å². The summed E-state index contributed by atoms with van der Waals surface area (Å²) < 4.78 is 30.9.